The first-order valence-corrected chi connectivity index (χ1v) is 6.28. The smallest absolute Gasteiger partial charge is 0.181 e. The van der Waals surface area contributed by atoms with Gasteiger partial charge in [-0.3, -0.25) is 0 Å². The maximum Gasteiger partial charge on any atom is 0.181 e. The monoisotopic (exact) mass is 230 g/mol. The molecule has 3 rings (SSSR count). The fourth-order valence-corrected chi connectivity index (χ4v) is 2.91. The molecule has 1 heterocycles. The molecule has 1 N–H and O–H groups in total. The quantitative estimate of drug-likeness (QED) is 0.877. The van der Waals surface area contributed by atoms with Gasteiger partial charge in [-0.1, -0.05) is 12.5 Å². The molecule has 1 aromatic heterocycles. The Bertz CT molecular complexity index is 514. The summed E-state index contributed by atoms with van der Waals surface area (Å²) in [5.41, 5.74) is 3.69. The highest BCUT2D eigenvalue weighted by Crippen LogP contribution is 2.43. The zero-order valence-corrected chi connectivity index (χ0v) is 10.2. The number of oxazole rings is 1. The van der Waals surface area contributed by atoms with Gasteiger partial charge >= 0.3 is 0 Å². The van der Waals surface area contributed by atoms with Gasteiger partial charge in [0.1, 0.15) is 5.52 Å². The molecule has 0 radical (unpaired) electrons. The first-order valence-electron chi connectivity index (χ1n) is 6.28. The molecule has 90 valence electrons. The van der Waals surface area contributed by atoms with Gasteiger partial charge in [0, 0.05) is 6.54 Å². The highest BCUT2D eigenvalue weighted by atomic mass is 16.3. The fourth-order valence-electron chi connectivity index (χ4n) is 2.91. The largest absolute Gasteiger partial charge is 0.443 e. The SMILES string of the molecule is CNCC1(Cc2ccc3ncoc3c2)CCC1. The topological polar surface area (TPSA) is 38.1 Å². The molecule has 0 atom stereocenters. The molecule has 17 heavy (non-hydrogen) atoms. The third kappa shape index (κ3) is 1.95. The highest BCUT2D eigenvalue weighted by molar-refractivity contribution is 5.72. The highest BCUT2D eigenvalue weighted by Gasteiger charge is 2.36. The van der Waals surface area contributed by atoms with Crippen molar-refractivity contribution < 1.29 is 4.42 Å². The van der Waals surface area contributed by atoms with Crippen LogP contribution in [0.3, 0.4) is 0 Å². The number of nitrogens with zero attached hydrogens (tertiary/aromatic N) is 1. The standard InChI is InChI=1S/C14H18N2O/c1-15-9-14(5-2-6-14)8-11-3-4-12-13(7-11)17-10-16-12/h3-4,7,10,15H,2,5-6,8-9H2,1H3. The Morgan fingerprint density at radius 2 is 2.29 bits per heavy atom. The Labute approximate surface area is 101 Å². The van der Waals surface area contributed by atoms with E-state index in [1.54, 1.807) is 0 Å². The number of benzene rings is 1. The van der Waals surface area contributed by atoms with E-state index in [2.05, 4.69) is 28.5 Å². The maximum absolute atomic E-state index is 5.36. The Morgan fingerprint density at radius 1 is 1.41 bits per heavy atom. The van der Waals surface area contributed by atoms with E-state index < -0.39 is 0 Å². The Balaban J connectivity index is 1.83. The minimum absolute atomic E-state index is 0.475. The summed E-state index contributed by atoms with van der Waals surface area (Å²) in [7, 11) is 2.04. The molecule has 1 fully saturated rings. The number of fused-ring (bicyclic) bond motifs is 1. The predicted octanol–water partition coefficient (Wildman–Crippen LogP) is 2.76. The Morgan fingerprint density at radius 3 is 3.00 bits per heavy atom. The van der Waals surface area contributed by atoms with Crippen LogP contribution in [0, 0.1) is 5.41 Å². The molecular weight excluding hydrogens is 212 g/mol. The Kier molecular flexibility index (Phi) is 2.63. The molecule has 0 saturated heterocycles. The van der Waals surface area contributed by atoms with Crippen molar-refractivity contribution in [2.24, 2.45) is 5.41 Å². The van der Waals surface area contributed by atoms with E-state index in [0.717, 1.165) is 24.1 Å². The maximum atomic E-state index is 5.36. The molecule has 2 aromatic rings. The van der Waals surface area contributed by atoms with Gasteiger partial charge in [-0.15, -0.1) is 0 Å². The van der Waals surface area contributed by atoms with E-state index in [1.165, 1.54) is 31.2 Å². The summed E-state index contributed by atoms with van der Waals surface area (Å²) in [5, 5.41) is 3.33. The van der Waals surface area contributed by atoms with E-state index in [4.69, 9.17) is 4.42 Å². The van der Waals surface area contributed by atoms with Crippen LogP contribution in [-0.2, 0) is 6.42 Å². The van der Waals surface area contributed by atoms with Gasteiger partial charge in [-0.2, -0.15) is 0 Å². The average Bonchev–Trinajstić information content (AvgIpc) is 2.73. The predicted molar refractivity (Wildman–Crippen MR) is 67.9 cm³/mol. The average molecular weight is 230 g/mol. The van der Waals surface area contributed by atoms with Gasteiger partial charge in [0.05, 0.1) is 0 Å². The summed E-state index contributed by atoms with van der Waals surface area (Å²) < 4.78 is 5.36. The first kappa shape index (κ1) is 10.8. The first-order chi connectivity index (χ1) is 8.31. The van der Waals surface area contributed by atoms with Crippen LogP contribution < -0.4 is 5.32 Å². The number of nitrogens with one attached hydrogen (secondary N) is 1. The second-order valence-corrected chi connectivity index (χ2v) is 5.22. The van der Waals surface area contributed by atoms with Crippen molar-refractivity contribution in [2.75, 3.05) is 13.6 Å². The third-order valence-corrected chi connectivity index (χ3v) is 3.94. The molecule has 0 unspecified atom stereocenters. The van der Waals surface area contributed by atoms with Crippen molar-refractivity contribution in [3.05, 3.63) is 30.2 Å². The van der Waals surface area contributed by atoms with Crippen molar-refractivity contribution >= 4 is 11.1 Å². The minimum Gasteiger partial charge on any atom is -0.443 e. The second-order valence-electron chi connectivity index (χ2n) is 5.22. The Hall–Kier alpha value is -1.35. The van der Waals surface area contributed by atoms with Crippen LogP contribution in [0.5, 0.6) is 0 Å². The molecule has 1 aliphatic carbocycles. The lowest BCUT2D eigenvalue weighted by Gasteiger charge is -2.42. The van der Waals surface area contributed by atoms with Crippen molar-refractivity contribution in [3.63, 3.8) is 0 Å². The minimum atomic E-state index is 0.475. The molecule has 3 nitrogen and oxygen atoms in total. The van der Waals surface area contributed by atoms with Crippen LogP contribution in [0.25, 0.3) is 11.1 Å². The lowest BCUT2D eigenvalue weighted by atomic mass is 9.65. The van der Waals surface area contributed by atoms with E-state index in [1.807, 2.05) is 7.05 Å². The van der Waals surface area contributed by atoms with Crippen molar-refractivity contribution in [3.8, 4) is 0 Å². The van der Waals surface area contributed by atoms with Crippen LogP contribution in [0.4, 0.5) is 0 Å². The van der Waals surface area contributed by atoms with Crippen LogP contribution in [0.15, 0.2) is 29.0 Å². The summed E-state index contributed by atoms with van der Waals surface area (Å²) in [4.78, 5) is 4.15. The summed E-state index contributed by atoms with van der Waals surface area (Å²) in [5.74, 6) is 0. The number of rotatable bonds is 4. The molecule has 1 saturated carbocycles. The van der Waals surface area contributed by atoms with Crippen molar-refractivity contribution in [2.45, 2.75) is 25.7 Å². The van der Waals surface area contributed by atoms with Crippen LogP contribution in [-0.4, -0.2) is 18.6 Å². The number of hydrogen-bond acceptors (Lipinski definition) is 3. The lowest BCUT2D eigenvalue weighted by Crippen LogP contribution is -2.40. The fraction of sp³-hybridized carbons (Fsp3) is 0.500. The zero-order valence-electron chi connectivity index (χ0n) is 10.2. The van der Waals surface area contributed by atoms with Crippen molar-refractivity contribution in [1.29, 1.82) is 0 Å². The molecular formula is C14H18N2O. The summed E-state index contributed by atoms with van der Waals surface area (Å²) in [6.45, 7) is 1.11. The van der Waals surface area contributed by atoms with E-state index in [0.29, 0.717) is 5.41 Å². The van der Waals surface area contributed by atoms with E-state index in [-0.39, 0.29) is 0 Å². The van der Waals surface area contributed by atoms with Crippen LogP contribution in [0.1, 0.15) is 24.8 Å². The molecule has 1 aromatic carbocycles. The molecule has 0 aliphatic heterocycles. The van der Waals surface area contributed by atoms with Gasteiger partial charge in [0.2, 0.25) is 0 Å². The molecule has 0 bridgehead atoms. The van der Waals surface area contributed by atoms with Gasteiger partial charge in [-0.05, 0) is 49.4 Å². The van der Waals surface area contributed by atoms with Gasteiger partial charge in [0.15, 0.2) is 12.0 Å². The van der Waals surface area contributed by atoms with Gasteiger partial charge in [-0.25, -0.2) is 4.98 Å². The number of aromatic nitrogens is 1. The summed E-state index contributed by atoms with van der Waals surface area (Å²) in [6.07, 6.45) is 6.70. The van der Waals surface area contributed by atoms with Gasteiger partial charge < -0.3 is 9.73 Å². The summed E-state index contributed by atoms with van der Waals surface area (Å²) in [6, 6.07) is 6.37. The number of hydrogen-bond donors (Lipinski definition) is 1. The third-order valence-electron chi connectivity index (χ3n) is 3.94. The van der Waals surface area contributed by atoms with E-state index in [9.17, 15) is 0 Å². The molecule has 3 heteroatoms. The zero-order chi connectivity index (χ0) is 11.7. The van der Waals surface area contributed by atoms with Crippen molar-refractivity contribution in [1.82, 2.24) is 10.3 Å². The second kappa shape index (κ2) is 4.15. The van der Waals surface area contributed by atoms with Crippen LogP contribution >= 0.6 is 0 Å². The van der Waals surface area contributed by atoms with Gasteiger partial charge in [0.25, 0.3) is 0 Å². The van der Waals surface area contributed by atoms with E-state index >= 15 is 0 Å². The summed E-state index contributed by atoms with van der Waals surface area (Å²) >= 11 is 0. The lowest BCUT2D eigenvalue weighted by molar-refractivity contribution is 0.133. The molecule has 0 amide bonds. The molecule has 0 spiro atoms. The normalized spacial score (nSPS) is 18.2. The van der Waals surface area contributed by atoms with Crippen LogP contribution in [0.2, 0.25) is 0 Å². The molecule has 1 aliphatic rings.